The van der Waals surface area contributed by atoms with E-state index in [9.17, 15) is 4.79 Å². The Hall–Kier alpha value is -3.06. The second kappa shape index (κ2) is 7.90. The van der Waals surface area contributed by atoms with Crippen LogP contribution in [0.4, 0.5) is 0 Å². The maximum Gasteiger partial charge on any atom is 0.263 e. The second-order valence-electron chi connectivity index (χ2n) is 6.72. The molecule has 3 aromatic rings. The van der Waals surface area contributed by atoms with Gasteiger partial charge in [-0.15, -0.1) is 0 Å². The number of carbonyl (C=O) groups is 1. The van der Waals surface area contributed by atoms with Crippen molar-refractivity contribution in [3.05, 3.63) is 59.7 Å². The summed E-state index contributed by atoms with van der Waals surface area (Å²) in [7, 11) is 1.65. The summed E-state index contributed by atoms with van der Waals surface area (Å²) in [6.07, 6.45) is 1.75. The van der Waals surface area contributed by atoms with Crippen molar-refractivity contribution in [1.29, 1.82) is 0 Å². The number of amides is 1. The average molecular weight is 381 g/mol. The molecule has 1 unspecified atom stereocenters. The molecule has 1 aliphatic heterocycles. The molecule has 1 N–H and O–H groups in total. The largest absolute Gasteiger partial charge is 0.496 e. The number of rotatable bonds is 5. The van der Waals surface area contributed by atoms with Gasteiger partial charge in [0.05, 0.1) is 31.5 Å². The van der Waals surface area contributed by atoms with Crippen LogP contribution in [0.1, 0.15) is 23.1 Å². The molecular weight excluding hydrogens is 358 g/mol. The van der Waals surface area contributed by atoms with E-state index in [1.165, 1.54) is 0 Å². The van der Waals surface area contributed by atoms with Crippen LogP contribution in [-0.2, 0) is 11.2 Å². The highest BCUT2D eigenvalue weighted by atomic mass is 16.5. The Morgan fingerprint density at radius 1 is 1.32 bits per heavy atom. The molecule has 1 amide bonds. The Morgan fingerprint density at radius 3 is 2.96 bits per heavy atom. The quantitative estimate of drug-likeness (QED) is 0.732. The number of nitrogens with one attached hydrogen (secondary N) is 1. The van der Waals surface area contributed by atoms with Crippen molar-refractivity contribution in [3.63, 3.8) is 0 Å². The minimum absolute atomic E-state index is 0.0137. The van der Waals surface area contributed by atoms with Crippen LogP contribution in [0.25, 0.3) is 11.7 Å². The Morgan fingerprint density at radius 2 is 2.18 bits per heavy atom. The molecule has 1 atom stereocenters. The number of aromatic nitrogens is 1. The maximum absolute atomic E-state index is 13.2. The number of nitrogens with zero attached hydrogens (tertiary/aromatic N) is 2. The third kappa shape index (κ3) is 3.53. The van der Waals surface area contributed by atoms with Crippen molar-refractivity contribution >= 4 is 5.91 Å². The van der Waals surface area contributed by atoms with Crippen LogP contribution in [0, 0.1) is 6.92 Å². The van der Waals surface area contributed by atoms with Gasteiger partial charge in [0.2, 0.25) is 5.91 Å². The molecule has 2 aromatic heterocycles. The van der Waals surface area contributed by atoms with Gasteiger partial charge in [-0.3, -0.25) is 4.79 Å². The van der Waals surface area contributed by atoms with Gasteiger partial charge in [0.25, 0.3) is 5.89 Å². The van der Waals surface area contributed by atoms with E-state index in [2.05, 4.69) is 10.3 Å². The number of aryl methyl sites for hydroxylation is 1. The lowest BCUT2D eigenvalue weighted by Gasteiger charge is -2.37. The summed E-state index contributed by atoms with van der Waals surface area (Å²) in [5.41, 5.74) is 1.63. The van der Waals surface area contributed by atoms with Crippen molar-refractivity contribution in [1.82, 2.24) is 15.2 Å². The van der Waals surface area contributed by atoms with Crippen LogP contribution in [0.3, 0.4) is 0 Å². The molecule has 28 heavy (non-hydrogen) atoms. The van der Waals surface area contributed by atoms with Crippen molar-refractivity contribution in [2.75, 3.05) is 26.7 Å². The predicted molar refractivity (Wildman–Crippen MR) is 103 cm³/mol. The lowest BCUT2D eigenvalue weighted by atomic mass is 10.0. The molecule has 1 saturated heterocycles. The molecule has 0 radical (unpaired) electrons. The molecule has 0 spiro atoms. The first-order chi connectivity index (χ1) is 13.7. The third-order valence-electron chi connectivity index (χ3n) is 5.00. The zero-order valence-electron chi connectivity index (χ0n) is 16.0. The predicted octanol–water partition coefficient (Wildman–Crippen LogP) is 2.97. The number of hydrogen-bond donors (Lipinski definition) is 1. The lowest BCUT2D eigenvalue weighted by Crippen LogP contribution is -2.49. The van der Waals surface area contributed by atoms with Crippen molar-refractivity contribution in [2.24, 2.45) is 0 Å². The van der Waals surface area contributed by atoms with Gasteiger partial charge >= 0.3 is 0 Å². The molecule has 0 aliphatic carbocycles. The van der Waals surface area contributed by atoms with Crippen LogP contribution >= 0.6 is 0 Å². The van der Waals surface area contributed by atoms with Crippen molar-refractivity contribution < 1.29 is 18.4 Å². The number of furan rings is 1. The van der Waals surface area contributed by atoms with Crippen LogP contribution in [0.5, 0.6) is 5.75 Å². The summed E-state index contributed by atoms with van der Waals surface area (Å²) >= 11 is 0. The summed E-state index contributed by atoms with van der Waals surface area (Å²) < 4.78 is 16.5. The van der Waals surface area contributed by atoms with Crippen LogP contribution in [0.15, 0.2) is 51.5 Å². The second-order valence-corrected chi connectivity index (χ2v) is 6.72. The highest BCUT2D eigenvalue weighted by Crippen LogP contribution is 2.31. The maximum atomic E-state index is 13.2. The van der Waals surface area contributed by atoms with Crippen molar-refractivity contribution in [3.8, 4) is 17.4 Å². The molecule has 7 nitrogen and oxygen atoms in total. The summed E-state index contributed by atoms with van der Waals surface area (Å²) in [6, 6.07) is 11.3. The summed E-state index contributed by atoms with van der Waals surface area (Å²) in [4.78, 5) is 19.5. The van der Waals surface area contributed by atoms with E-state index in [-0.39, 0.29) is 18.4 Å². The van der Waals surface area contributed by atoms with Gasteiger partial charge in [0.15, 0.2) is 5.76 Å². The number of hydrogen-bond acceptors (Lipinski definition) is 6. The zero-order valence-corrected chi connectivity index (χ0v) is 16.0. The van der Waals surface area contributed by atoms with E-state index in [0.717, 1.165) is 17.9 Å². The topological polar surface area (TPSA) is 80.7 Å². The Kier molecular flexibility index (Phi) is 5.16. The Labute approximate surface area is 163 Å². The SMILES string of the molecule is COc1ccccc1C1CNCCN1C(=O)Cc1nc(-c2ccco2)oc1C. The molecule has 3 heterocycles. The van der Waals surface area contributed by atoms with E-state index < -0.39 is 0 Å². The number of ether oxygens (including phenoxy) is 1. The number of piperazine rings is 1. The lowest BCUT2D eigenvalue weighted by molar-refractivity contribution is -0.133. The van der Waals surface area contributed by atoms with Crippen molar-refractivity contribution in [2.45, 2.75) is 19.4 Å². The van der Waals surface area contributed by atoms with Gasteiger partial charge in [-0.25, -0.2) is 4.98 Å². The average Bonchev–Trinajstić information content (AvgIpc) is 3.38. The molecular formula is C21H23N3O4. The fourth-order valence-corrected chi connectivity index (χ4v) is 3.56. The minimum atomic E-state index is -0.0887. The molecule has 4 rings (SSSR count). The number of methoxy groups -OCH3 is 1. The number of oxazole rings is 1. The van der Waals surface area contributed by atoms with Gasteiger partial charge < -0.3 is 23.8 Å². The fraction of sp³-hybridized carbons (Fsp3) is 0.333. The van der Waals surface area contributed by atoms with Gasteiger partial charge in [0, 0.05) is 25.2 Å². The highest BCUT2D eigenvalue weighted by molar-refractivity contribution is 5.79. The molecule has 1 aliphatic rings. The Balaban J connectivity index is 1.56. The first kappa shape index (κ1) is 18.3. The van der Waals surface area contributed by atoms with Crippen LogP contribution in [-0.4, -0.2) is 42.5 Å². The minimum Gasteiger partial charge on any atom is -0.496 e. The fourth-order valence-electron chi connectivity index (χ4n) is 3.56. The first-order valence-corrected chi connectivity index (χ1v) is 9.30. The summed E-state index contributed by atoms with van der Waals surface area (Å²) in [5, 5.41) is 3.37. The van der Waals surface area contributed by atoms with Gasteiger partial charge in [-0.2, -0.15) is 0 Å². The molecule has 1 aromatic carbocycles. The smallest absolute Gasteiger partial charge is 0.263 e. The van der Waals surface area contributed by atoms with Gasteiger partial charge in [-0.1, -0.05) is 18.2 Å². The van der Waals surface area contributed by atoms with Crippen LogP contribution in [0.2, 0.25) is 0 Å². The van der Waals surface area contributed by atoms with Crippen LogP contribution < -0.4 is 10.1 Å². The molecule has 0 saturated carbocycles. The molecule has 146 valence electrons. The van der Waals surface area contributed by atoms with E-state index in [4.69, 9.17) is 13.6 Å². The van der Waals surface area contributed by atoms with Gasteiger partial charge in [-0.05, 0) is 25.1 Å². The van der Waals surface area contributed by atoms with E-state index in [1.54, 1.807) is 25.5 Å². The third-order valence-corrected chi connectivity index (χ3v) is 5.00. The summed E-state index contributed by atoms with van der Waals surface area (Å²) in [5.74, 6) is 2.37. The Bertz CT molecular complexity index is 948. The zero-order chi connectivity index (χ0) is 19.5. The highest BCUT2D eigenvalue weighted by Gasteiger charge is 2.30. The molecule has 0 bridgehead atoms. The summed E-state index contributed by atoms with van der Waals surface area (Å²) in [6.45, 7) is 3.88. The standard InChI is InChI=1S/C21H23N3O4/c1-14-16(23-21(28-14)19-8-5-11-27-19)12-20(25)24-10-9-22-13-17(24)15-6-3-4-7-18(15)26-2/h3-8,11,17,22H,9-10,12-13H2,1-2H3. The normalized spacial score (nSPS) is 16.9. The number of benzene rings is 1. The number of para-hydroxylation sites is 1. The van der Waals surface area contributed by atoms with Gasteiger partial charge in [0.1, 0.15) is 11.5 Å². The number of carbonyl (C=O) groups excluding carboxylic acids is 1. The monoisotopic (exact) mass is 381 g/mol. The van der Waals surface area contributed by atoms with E-state index in [1.807, 2.05) is 36.1 Å². The van der Waals surface area contributed by atoms with E-state index in [0.29, 0.717) is 36.2 Å². The van der Waals surface area contributed by atoms with E-state index >= 15 is 0 Å². The first-order valence-electron chi connectivity index (χ1n) is 9.30. The molecule has 7 heteroatoms. The molecule has 1 fully saturated rings.